The summed E-state index contributed by atoms with van der Waals surface area (Å²) >= 11 is 0. The highest BCUT2D eigenvalue weighted by Crippen LogP contribution is 2.60. The summed E-state index contributed by atoms with van der Waals surface area (Å²) in [7, 11) is -3.49. The van der Waals surface area contributed by atoms with E-state index in [9.17, 15) is 13.2 Å². The number of carboxylic acid groups (broad SMARTS) is 1. The second kappa shape index (κ2) is 2.97. The first kappa shape index (κ1) is 10.9. The number of carboxylic acids is 1. The smallest absolute Gasteiger partial charge is 0.325 e. The summed E-state index contributed by atoms with van der Waals surface area (Å²) in [6, 6.07) is 0. The topological polar surface area (TPSA) is 71.4 Å². The van der Waals surface area contributed by atoms with E-state index in [1.54, 1.807) is 0 Å². The maximum Gasteiger partial charge on any atom is 0.325 e. The molecule has 1 N–H and O–H groups in total. The van der Waals surface area contributed by atoms with Gasteiger partial charge in [0.15, 0.2) is 14.6 Å². The fourth-order valence-corrected chi connectivity index (χ4v) is 4.66. The Morgan fingerprint density at radius 3 is 2.00 bits per heavy atom. The lowest BCUT2D eigenvalue weighted by molar-refractivity contribution is -0.147. The number of rotatable bonds is 2. The van der Waals surface area contributed by atoms with E-state index in [2.05, 4.69) is 0 Å². The van der Waals surface area contributed by atoms with E-state index in [1.165, 1.54) is 0 Å². The fraction of sp³-hybridized carbons (Fsp3) is 0.900. The van der Waals surface area contributed by atoms with E-state index >= 15 is 0 Å². The van der Waals surface area contributed by atoms with E-state index in [0.29, 0.717) is 12.8 Å². The van der Waals surface area contributed by atoms with Gasteiger partial charge in [-0.2, -0.15) is 0 Å². The van der Waals surface area contributed by atoms with Crippen molar-refractivity contribution in [2.45, 2.75) is 43.3 Å². The Labute approximate surface area is 89.6 Å². The Hall–Kier alpha value is -0.580. The highest BCUT2D eigenvalue weighted by molar-refractivity contribution is 7.93. The molecule has 2 fully saturated rings. The number of hydrogen-bond donors (Lipinski definition) is 1. The average molecular weight is 232 g/mol. The van der Waals surface area contributed by atoms with Crippen molar-refractivity contribution in [3.63, 3.8) is 0 Å². The Balaban J connectivity index is 2.26. The minimum Gasteiger partial charge on any atom is -0.480 e. The zero-order chi connectivity index (χ0) is 11.3. The minimum absolute atomic E-state index is 0.0292. The van der Waals surface area contributed by atoms with Crippen molar-refractivity contribution in [1.29, 1.82) is 0 Å². The third-order valence-corrected chi connectivity index (χ3v) is 5.97. The first-order chi connectivity index (χ1) is 6.81. The quantitative estimate of drug-likeness (QED) is 0.776. The molecule has 2 saturated carbocycles. The molecule has 2 rings (SSSR count). The van der Waals surface area contributed by atoms with Gasteiger partial charge in [-0.15, -0.1) is 0 Å². The van der Waals surface area contributed by atoms with Crippen LogP contribution >= 0.6 is 0 Å². The van der Waals surface area contributed by atoms with Crippen LogP contribution < -0.4 is 0 Å². The lowest BCUT2D eigenvalue weighted by Gasteiger charge is -2.50. The van der Waals surface area contributed by atoms with Crippen molar-refractivity contribution < 1.29 is 18.3 Å². The Kier molecular flexibility index (Phi) is 2.16. The van der Waals surface area contributed by atoms with Gasteiger partial charge in [0.2, 0.25) is 0 Å². The molecule has 86 valence electrons. The van der Waals surface area contributed by atoms with Gasteiger partial charge in [-0.1, -0.05) is 12.8 Å². The molecule has 4 nitrogen and oxygen atoms in total. The third-order valence-electron chi connectivity index (χ3n) is 4.08. The maximum absolute atomic E-state index is 11.5. The summed E-state index contributed by atoms with van der Waals surface area (Å²) in [4.78, 5) is 11.1. The predicted molar refractivity (Wildman–Crippen MR) is 55.3 cm³/mol. The summed E-state index contributed by atoms with van der Waals surface area (Å²) in [6.07, 6.45) is 5.92. The zero-order valence-electron chi connectivity index (χ0n) is 8.82. The third kappa shape index (κ3) is 1.40. The van der Waals surface area contributed by atoms with Crippen LogP contribution in [0.2, 0.25) is 0 Å². The minimum atomic E-state index is -3.49. The summed E-state index contributed by atoms with van der Waals surface area (Å²) in [5.41, 5.74) is 0.0292. The first-order valence-corrected chi connectivity index (χ1v) is 7.14. The van der Waals surface area contributed by atoms with Gasteiger partial charge in [0.25, 0.3) is 0 Å². The molecule has 0 amide bonds. The van der Waals surface area contributed by atoms with Crippen molar-refractivity contribution in [3.8, 4) is 0 Å². The molecule has 0 heterocycles. The van der Waals surface area contributed by atoms with E-state index in [-0.39, 0.29) is 5.41 Å². The van der Waals surface area contributed by atoms with Gasteiger partial charge >= 0.3 is 5.97 Å². The van der Waals surface area contributed by atoms with Gasteiger partial charge in [0.1, 0.15) is 0 Å². The molecule has 0 aliphatic heterocycles. The van der Waals surface area contributed by atoms with Crippen LogP contribution in [0.5, 0.6) is 0 Å². The summed E-state index contributed by atoms with van der Waals surface area (Å²) < 4.78 is 21.6. The molecule has 2 aliphatic rings. The zero-order valence-corrected chi connectivity index (χ0v) is 9.64. The maximum atomic E-state index is 11.5. The van der Waals surface area contributed by atoms with Crippen LogP contribution in [-0.4, -0.2) is 30.5 Å². The lowest BCUT2D eigenvalue weighted by atomic mass is 9.60. The highest BCUT2D eigenvalue weighted by atomic mass is 32.2. The normalized spacial score (nSPS) is 27.5. The van der Waals surface area contributed by atoms with Crippen LogP contribution in [-0.2, 0) is 14.6 Å². The molecule has 15 heavy (non-hydrogen) atoms. The van der Waals surface area contributed by atoms with Crippen molar-refractivity contribution in [2.24, 2.45) is 5.41 Å². The Morgan fingerprint density at radius 2 is 1.67 bits per heavy atom. The van der Waals surface area contributed by atoms with Crippen LogP contribution in [0, 0.1) is 5.41 Å². The molecule has 0 saturated heterocycles. The standard InChI is InChI=1S/C10H16O4S/c1-15(13,14)10(8(11)12)6-9(7-10)4-2-3-5-9/h2-7H2,1H3,(H,11,12). The van der Waals surface area contributed by atoms with Gasteiger partial charge in [0.05, 0.1) is 0 Å². The van der Waals surface area contributed by atoms with Crippen molar-refractivity contribution >= 4 is 15.8 Å². The number of hydrogen-bond acceptors (Lipinski definition) is 3. The van der Waals surface area contributed by atoms with Crippen LogP contribution in [0.15, 0.2) is 0 Å². The summed E-state index contributed by atoms with van der Waals surface area (Å²) in [5.74, 6) is -1.16. The Morgan fingerprint density at radius 1 is 1.20 bits per heavy atom. The molecule has 0 atom stereocenters. The van der Waals surface area contributed by atoms with Gasteiger partial charge in [0, 0.05) is 6.26 Å². The molecule has 0 aromatic carbocycles. The van der Waals surface area contributed by atoms with E-state index in [4.69, 9.17) is 5.11 Å². The molecule has 0 radical (unpaired) electrons. The molecule has 0 aromatic heterocycles. The second-order valence-corrected chi connectivity index (χ2v) is 7.46. The SMILES string of the molecule is CS(=O)(=O)C1(C(=O)O)CC2(CCCC2)C1. The van der Waals surface area contributed by atoms with Crippen molar-refractivity contribution in [3.05, 3.63) is 0 Å². The Bertz CT molecular complexity index is 382. The predicted octanol–water partition coefficient (Wildman–Crippen LogP) is 1.21. The molecule has 5 heteroatoms. The van der Waals surface area contributed by atoms with E-state index < -0.39 is 20.6 Å². The van der Waals surface area contributed by atoms with E-state index in [0.717, 1.165) is 31.9 Å². The molecule has 2 aliphatic carbocycles. The molecule has 1 spiro atoms. The van der Waals surface area contributed by atoms with Crippen molar-refractivity contribution in [2.75, 3.05) is 6.26 Å². The largest absolute Gasteiger partial charge is 0.480 e. The van der Waals surface area contributed by atoms with E-state index in [1.807, 2.05) is 0 Å². The molecular formula is C10H16O4S. The molecule has 0 bridgehead atoms. The number of carbonyl (C=O) groups is 1. The van der Waals surface area contributed by atoms with Crippen LogP contribution in [0.3, 0.4) is 0 Å². The summed E-state index contributed by atoms with van der Waals surface area (Å²) in [5, 5.41) is 9.08. The van der Waals surface area contributed by atoms with Gasteiger partial charge < -0.3 is 5.11 Å². The van der Waals surface area contributed by atoms with Gasteiger partial charge in [-0.3, -0.25) is 4.79 Å². The molecule has 0 aromatic rings. The van der Waals surface area contributed by atoms with Crippen LogP contribution in [0.25, 0.3) is 0 Å². The fourth-order valence-electron chi connectivity index (χ4n) is 3.21. The number of sulfone groups is 1. The monoisotopic (exact) mass is 232 g/mol. The second-order valence-electron chi connectivity index (χ2n) is 5.13. The highest BCUT2D eigenvalue weighted by Gasteiger charge is 2.65. The van der Waals surface area contributed by atoms with Gasteiger partial charge in [-0.05, 0) is 31.1 Å². The average Bonchev–Trinajstić information content (AvgIpc) is 2.44. The molecular weight excluding hydrogens is 216 g/mol. The summed E-state index contributed by atoms with van der Waals surface area (Å²) in [6.45, 7) is 0. The van der Waals surface area contributed by atoms with Crippen LogP contribution in [0.4, 0.5) is 0 Å². The number of aliphatic carboxylic acids is 1. The molecule has 0 unspecified atom stereocenters. The first-order valence-electron chi connectivity index (χ1n) is 5.24. The van der Waals surface area contributed by atoms with Crippen LogP contribution in [0.1, 0.15) is 38.5 Å². The van der Waals surface area contributed by atoms with Gasteiger partial charge in [-0.25, -0.2) is 8.42 Å². The van der Waals surface area contributed by atoms with Crippen molar-refractivity contribution in [1.82, 2.24) is 0 Å². The lowest BCUT2D eigenvalue weighted by Crippen LogP contribution is -2.60.